The van der Waals surface area contributed by atoms with Crippen molar-refractivity contribution < 1.29 is 14.4 Å². The van der Waals surface area contributed by atoms with Crippen LogP contribution in [0.3, 0.4) is 0 Å². The number of hydrogen-bond acceptors (Lipinski definition) is 3. The number of carbonyl (C=O) groups excluding carboxylic acids is 3. The normalized spacial score (nSPS) is 17.0. The third-order valence-electron chi connectivity index (χ3n) is 3.08. The summed E-state index contributed by atoms with van der Waals surface area (Å²) in [6.07, 6.45) is 0. The summed E-state index contributed by atoms with van der Waals surface area (Å²) in [7, 11) is 0. The zero-order valence-electron chi connectivity index (χ0n) is 11.5. The Morgan fingerprint density at radius 2 is 1.90 bits per heavy atom. The number of carbonyl (C=O) groups is 3. The van der Waals surface area contributed by atoms with E-state index in [2.05, 4.69) is 10.6 Å². The van der Waals surface area contributed by atoms with E-state index >= 15 is 0 Å². The van der Waals surface area contributed by atoms with Crippen LogP contribution in [-0.2, 0) is 16.1 Å². The second-order valence-corrected chi connectivity index (χ2v) is 5.21. The van der Waals surface area contributed by atoms with Gasteiger partial charge in [-0.25, -0.2) is 4.79 Å². The fourth-order valence-corrected chi connectivity index (χ4v) is 1.96. The molecule has 0 atom stereocenters. The van der Waals surface area contributed by atoms with Gasteiger partial charge in [-0.1, -0.05) is 30.3 Å². The molecule has 1 aromatic carbocycles. The quantitative estimate of drug-likeness (QED) is 0.791. The highest BCUT2D eigenvalue weighted by atomic mass is 16.2. The molecule has 1 aliphatic rings. The topological polar surface area (TPSA) is 78.5 Å². The van der Waals surface area contributed by atoms with E-state index in [0.717, 1.165) is 10.5 Å². The Kier molecular flexibility index (Phi) is 3.74. The summed E-state index contributed by atoms with van der Waals surface area (Å²) in [5.74, 6) is -0.757. The van der Waals surface area contributed by atoms with Gasteiger partial charge in [0.2, 0.25) is 5.91 Å². The highest BCUT2D eigenvalue weighted by molar-refractivity contribution is 6.08. The summed E-state index contributed by atoms with van der Waals surface area (Å²) in [4.78, 5) is 36.3. The zero-order chi connectivity index (χ0) is 14.8. The molecule has 0 radical (unpaired) electrons. The number of urea groups is 1. The number of nitrogens with zero attached hydrogens (tertiary/aromatic N) is 1. The summed E-state index contributed by atoms with van der Waals surface area (Å²) in [6, 6.07) is 8.88. The van der Waals surface area contributed by atoms with Crippen molar-refractivity contribution in [3.63, 3.8) is 0 Å². The van der Waals surface area contributed by atoms with Crippen LogP contribution >= 0.6 is 0 Å². The van der Waals surface area contributed by atoms with Gasteiger partial charge in [-0.2, -0.15) is 0 Å². The number of amides is 4. The third kappa shape index (κ3) is 2.96. The number of rotatable bonds is 4. The monoisotopic (exact) mass is 275 g/mol. The highest BCUT2D eigenvalue weighted by Gasteiger charge is 2.44. The number of imide groups is 1. The van der Waals surface area contributed by atoms with Crippen molar-refractivity contribution in [3.05, 3.63) is 35.9 Å². The van der Waals surface area contributed by atoms with Crippen molar-refractivity contribution in [2.75, 3.05) is 6.54 Å². The van der Waals surface area contributed by atoms with Crippen LogP contribution in [0.5, 0.6) is 0 Å². The maximum atomic E-state index is 11.9. The lowest BCUT2D eigenvalue weighted by Crippen LogP contribution is -2.43. The van der Waals surface area contributed by atoms with E-state index in [1.54, 1.807) is 13.8 Å². The molecule has 0 bridgehead atoms. The second kappa shape index (κ2) is 5.32. The number of hydrogen-bond donors (Lipinski definition) is 2. The van der Waals surface area contributed by atoms with E-state index in [0.29, 0.717) is 6.54 Å². The van der Waals surface area contributed by atoms with E-state index < -0.39 is 17.5 Å². The molecule has 1 saturated heterocycles. The lowest BCUT2D eigenvalue weighted by atomic mass is 10.1. The number of benzene rings is 1. The van der Waals surface area contributed by atoms with Gasteiger partial charge in [0.1, 0.15) is 12.1 Å². The average molecular weight is 275 g/mol. The molecular weight excluding hydrogens is 258 g/mol. The largest absolute Gasteiger partial charge is 0.350 e. The van der Waals surface area contributed by atoms with Crippen molar-refractivity contribution >= 4 is 17.8 Å². The molecule has 2 N–H and O–H groups in total. The van der Waals surface area contributed by atoms with E-state index in [4.69, 9.17) is 0 Å². The van der Waals surface area contributed by atoms with Crippen molar-refractivity contribution in [1.29, 1.82) is 0 Å². The Morgan fingerprint density at radius 3 is 2.45 bits per heavy atom. The van der Waals surface area contributed by atoms with E-state index in [1.807, 2.05) is 30.3 Å². The second-order valence-electron chi connectivity index (χ2n) is 5.21. The molecule has 1 aromatic rings. The third-order valence-corrected chi connectivity index (χ3v) is 3.08. The molecule has 0 aromatic heterocycles. The summed E-state index contributed by atoms with van der Waals surface area (Å²) >= 11 is 0. The van der Waals surface area contributed by atoms with Crippen LogP contribution in [0.2, 0.25) is 0 Å². The Balaban J connectivity index is 1.89. The van der Waals surface area contributed by atoms with Crippen LogP contribution in [-0.4, -0.2) is 34.8 Å². The molecule has 0 saturated carbocycles. The predicted molar refractivity (Wildman–Crippen MR) is 72.6 cm³/mol. The molecule has 6 nitrogen and oxygen atoms in total. The van der Waals surface area contributed by atoms with Gasteiger partial charge in [-0.05, 0) is 19.4 Å². The van der Waals surface area contributed by atoms with Gasteiger partial charge < -0.3 is 10.6 Å². The maximum Gasteiger partial charge on any atom is 0.325 e. The fraction of sp³-hybridized carbons (Fsp3) is 0.357. The van der Waals surface area contributed by atoms with Crippen LogP contribution in [0.4, 0.5) is 4.79 Å². The molecule has 0 spiro atoms. The first kappa shape index (κ1) is 14.0. The molecular formula is C14H17N3O3. The van der Waals surface area contributed by atoms with Crippen LogP contribution < -0.4 is 10.6 Å². The first-order chi connectivity index (χ1) is 9.40. The molecule has 0 aliphatic carbocycles. The molecule has 0 unspecified atom stereocenters. The van der Waals surface area contributed by atoms with Crippen LogP contribution in [0.25, 0.3) is 0 Å². The van der Waals surface area contributed by atoms with Gasteiger partial charge in [0.15, 0.2) is 0 Å². The Bertz CT molecular complexity index is 540. The summed E-state index contributed by atoms with van der Waals surface area (Å²) in [6.45, 7) is 3.32. The van der Waals surface area contributed by atoms with Gasteiger partial charge in [0.05, 0.1) is 0 Å². The van der Waals surface area contributed by atoms with Crippen LogP contribution in [0.15, 0.2) is 30.3 Å². The van der Waals surface area contributed by atoms with Crippen molar-refractivity contribution in [1.82, 2.24) is 15.5 Å². The lowest BCUT2D eigenvalue weighted by Gasteiger charge is -2.15. The van der Waals surface area contributed by atoms with Gasteiger partial charge in [-0.15, -0.1) is 0 Å². The van der Waals surface area contributed by atoms with E-state index in [1.165, 1.54) is 0 Å². The molecule has 106 valence electrons. The van der Waals surface area contributed by atoms with Gasteiger partial charge in [0, 0.05) is 6.54 Å². The van der Waals surface area contributed by atoms with Gasteiger partial charge in [0.25, 0.3) is 5.91 Å². The first-order valence-corrected chi connectivity index (χ1v) is 6.35. The smallest absolute Gasteiger partial charge is 0.325 e. The lowest BCUT2D eigenvalue weighted by molar-refractivity contribution is -0.134. The van der Waals surface area contributed by atoms with Crippen LogP contribution in [0, 0.1) is 0 Å². The Hall–Kier alpha value is -2.37. The molecule has 2 rings (SSSR count). The Morgan fingerprint density at radius 1 is 1.25 bits per heavy atom. The van der Waals surface area contributed by atoms with Crippen molar-refractivity contribution in [2.45, 2.75) is 25.9 Å². The predicted octanol–water partition coefficient (Wildman–Crippen LogP) is 0.633. The van der Waals surface area contributed by atoms with Gasteiger partial charge in [-0.3, -0.25) is 14.5 Å². The van der Waals surface area contributed by atoms with Crippen molar-refractivity contribution in [2.24, 2.45) is 0 Å². The minimum atomic E-state index is -0.948. The first-order valence-electron chi connectivity index (χ1n) is 6.35. The molecule has 20 heavy (non-hydrogen) atoms. The number of nitrogens with one attached hydrogen (secondary N) is 2. The Labute approximate surface area is 117 Å². The summed E-state index contributed by atoms with van der Waals surface area (Å²) in [5, 5.41) is 5.21. The van der Waals surface area contributed by atoms with Crippen LogP contribution in [0.1, 0.15) is 19.4 Å². The minimum Gasteiger partial charge on any atom is -0.350 e. The molecule has 4 amide bonds. The van der Waals surface area contributed by atoms with Crippen molar-refractivity contribution in [3.8, 4) is 0 Å². The van der Waals surface area contributed by atoms with E-state index in [9.17, 15) is 14.4 Å². The summed E-state index contributed by atoms with van der Waals surface area (Å²) < 4.78 is 0. The SMILES string of the molecule is CC1(C)NC(=O)N(CC(=O)NCc2ccccc2)C1=O. The highest BCUT2D eigenvalue weighted by Crippen LogP contribution is 2.15. The molecule has 1 fully saturated rings. The minimum absolute atomic E-state index is 0.263. The molecule has 1 heterocycles. The molecule has 1 aliphatic heterocycles. The maximum absolute atomic E-state index is 11.9. The zero-order valence-corrected chi connectivity index (χ0v) is 11.5. The fourth-order valence-electron chi connectivity index (χ4n) is 1.96. The molecule has 6 heteroatoms. The van der Waals surface area contributed by atoms with E-state index in [-0.39, 0.29) is 12.5 Å². The standard InChI is InChI=1S/C14H17N3O3/c1-14(2)12(19)17(13(20)16-14)9-11(18)15-8-10-6-4-3-5-7-10/h3-7H,8-9H2,1-2H3,(H,15,18)(H,16,20). The summed E-state index contributed by atoms with van der Waals surface area (Å²) in [5.41, 5.74) is 0.00921. The van der Waals surface area contributed by atoms with Gasteiger partial charge >= 0.3 is 6.03 Å². The average Bonchev–Trinajstić information content (AvgIpc) is 2.60.